The van der Waals surface area contributed by atoms with Crippen LogP contribution < -0.4 is 10.6 Å². The van der Waals surface area contributed by atoms with Gasteiger partial charge in [-0.1, -0.05) is 11.6 Å². The number of nitrogens with zero attached hydrogens (tertiary/aromatic N) is 1. The zero-order chi connectivity index (χ0) is 14.7. The summed E-state index contributed by atoms with van der Waals surface area (Å²) in [4.78, 5) is 15.9. The first-order valence-electron chi connectivity index (χ1n) is 5.61. The molecular weight excluding hydrogens is 288 g/mol. The van der Waals surface area contributed by atoms with Crippen LogP contribution in [0.4, 0.5) is 20.3 Å². The quantitative estimate of drug-likeness (QED) is 0.855. The van der Waals surface area contributed by atoms with Crippen LogP contribution in [0.5, 0.6) is 0 Å². The minimum Gasteiger partial charge on any atom is -0.373 e. The second-order valence-electron chi connectivity index (χ2n) is 3.93. The molecule has 0 atom stereocenters. The molecule has 20 heavy (non-hydrogen) atoms. The molecule has 104 valence electrons. The fourth-order valence-electron chi connectivity index (χ4n) is 1.59. The van der Waals surface area contributed by atoms with Gasteiger partial charge >= 0.3 is 0 Å². The number of carbonyl (C=O) groups is 1. The molecule has 2 aromatic rings. The van der Waals surface area contributed by atoms with Gasteiger partial charge < -0.3 is 10.6 Å². The highest BCUT2D eigenvalue weighted by Gasteiger charge is 2.10. The number of halogens is 3. The van der Waals surface area contributed by atoms with Gasteiger partial charge in [-0.25, -0.2) is 13.8 Å². The van der Waals surface area contributed by atoms with E-state index in [0.717, 1.165) is 18.2 Å². The van der Waals surface area contributed by atoms with Crippen LogP contribution in [-0.2, 0) is 0 Å². The van der Waals surface area contributed by atoms with Crippen LogP contribution in [0.3, 0.4) is 0 Å². The second kappa shape index (κ2) is 5.83. The predicted octanol–water partition coefficient (Wildman–Crippen LogP) is 3.31. The first kappa shape index (κ1) is 14.2. The van der Waals surface area contributed by atoms with Crippen molar-refractivity contribution in [2.75, 3.05) is 17.7 Å². The van der Waals surface area contributed by atoms with Crippen LogP contribution >= 0.6 is 11.6 Å². The van der Waals surface area contributed by atoms with E-state index in [0.29, 0.717) is 5.82 Å². The molecule has 0 radical (unpaired) electrons. The third kappa shape index (κ3) is 3.42. The molecule has 0 spiro atoms. The predicted molar refractivity (Wildman–Crippen MR) is 73.1 cm³/mol. The number of amides is 1. The van der Waals surface area contributed by atoms with Gasteiger partial charge in [-0.2, -0.15) is 0 Å². The Kier molecular flexibility index (Phi) is 4.14. The number of rotatable bonds is 3. The van der Waals surface area contributed by atoms with Crippen LogP contribution in [0, 0.1) is 11.6 Å². The molecule has 0 fully saturated rings. The number of nitrogens with one attached hydrogen (secondary N) is 2. The van der Waals surface area contributed by atoms with Crippen LogP contribution in [0.25, 0.3) is 0 Å². The number of aromatic nitrogens is 1. The molecule has 0 aliphatic carbocycles. The number of anilines is 2. The summed E-state index contributed by atoms with van der Waals surface area (Å²) in [6.45, 7) is 0. The SMILES string of the molecule is CNc1cc(C(=O)Nc2cc(F)cc(F)c2)cc(Cl)n1. The van der Waals surface area contributed by atoms with Gasteiger partial charge in [0.2, 0.25) is 0 Å². The Hall–Kier alpha value is -2.21. The number of benzene rings is 1. The van der Waals surface area contributed by atoms with Crippen molar-refractivity contribution in [1.29, 1.82) is 0 Å². The van der Waals surface area contributed by atoms with E-state index < -0.39 is 17.5 Å². The standard InChI is InChI=1S/C13H10ClF2N3O/c1-17-12-3-7(2-11(14)19-12)13(20)18-10-5-8(15)4-9(16)6-10/h2-6H,1H3,(H,17,19)(H,18,20). The molecule has 0 saturated carbocycles. The van der Waals surface area contributed by atoms with Gasteiger partial charge in [0, 0.05) is 24.4 Å². The summed E-state index contributed by atoms with van der Waals surface area (Å²) in [5, 5.41) is 5.27. The molecule has 1 amide bonds. The van der Waals surface area contributed by atoms with E-state index in [1.54, 1.807) is 7.05 Å². The zero-order valence-corrected chi connectivity index (χ0v) is 11.1. The monoisotopic (exact) mass is 297 g/mol. The summed E-state index contributed by atoms with van der Waals surface area (Å²) in [6.07, 6.45) is 0. The molecule has 2 N–H and O–H groups in total. The van der Waals surface area contributed by atoms with Crippen LogP contribution in [0.15, 0.2) is 30.3 Å². The van der Waals surface area contributed by atoms with Crippen molar-refractivity contribution in [1.82, 2.24) is 4.98 Å². The summed E-state index contributed by atoms with van der Waals surface area (Å²) in [6, 6.07) is 5.58. The average Bonchev–Trinajstić information content (AvgIpc) is 2.36. The molecule has 2 rings (SSSR count). The largest absolute Gasteiger partial charge is 0.373 e. The van der Waals surface area contributed by atoms with E-state index in [9.17, 15) is 13.6 Å². The Labute approximate surface area is 118 Å². The molecule has 7 heteroatoms. The van der Waals surface area contributed by atoms with Crippen molar-refractivity contribution >= 4 is 29.0 Å². The average molecular weight is 298 g/mol. The first-order valence-corrected chi connectivity index (χ1v) is 5.98. The third-order valence-electron chi connectivity index (χ3n) is 2.43. The normalized spacial score (nSPS) is 10.2. The van der Waals surface area contributed by atoms with E-state index in [-0.39, 0.29) is 16.4 Å². The van der Waals surface area contributed by atoms with Gasteiger partial charge in [0.25, 0.3) is 5.91 Å². The highest BCUT2D eigenvalue weighted by molar-refractivity contribution is 6.30. The number of hydrogen-bond donors (Lipinski definition) is 2. The minimum atomic E-state index is -0.774. The van der Waals surface area contributed by atoms with Gasteiger partial charge in [0.1, 0.15) is 22.6 Å². The molecule has 4 nitrogen and oxygen atoms in total. The van der Waals surface area contributed by atoms with Gasteiger partial charge in [0.15, 0.2) is 0 Å². The van der Waals surface area contributed by atoms with Crippen molar-refractivity contribution in [2.24, 2.45) is 0 Å². The maximum absolute atomic E-state index is 13.0. The zero-order valence-electron chi connectivity index (χ0n) is 10.4. The molecule has 0 aliphatic rings. The molecular formula is C13H10ClF2N3O. The fraction of sp³-hybridized carbons (Fsp3) is 0.0769. The Bertz CT molecular complexity index is 644. The summed E-state index contributed by atoms with van der Waals surface area (Å²) in [5.74, 6) is -1.68. The van der Waals surface area contributed by atoms with Crippen molar-refractivity contribution in [2.45, 2.75) is 0 Å². The number of pyridine rings is 1. The lowest BCUT2D eigenvalue weighted by Gasteiger charge is -2.07. The van der Waals surface area contributed by atoms with Crippen molar-refractivity contribution in [3.63, 3.8) is 0 Å². The van der Waals surface area contributed by atoms with Crippen molar-refractivity contribution in [3.05, 3.63) is 52.7 Å². The second-order valence-corrected chi connectivity index (χ2v) is 4.31. The van der Waals surface area contributed by atoms with Gasteiger partial charge in [-0.15, -0.1) is 0 Å². The number of hydrogen-bond acceptors (Lipinski definition) is 3. The molecule has 0 bridgehead atoms. The molecule has 0 unspecified atom stereocenters. The molecule has 0 saturated heterocycles. The minimum absolute atomic E-state index is 0.0199. The van der Waals surface area contributed by atoms with Crippen LogP contribution in [-0.4, -0.2) is 17.9 Å². The first-order chi connectivity index (χ1) is 9.47. The van der Waals surface area contributed by atoms with E-state index in [1.165, 1.54) is 12.1 Å². The van der Waals surface area contributed by atoms with E-state index in [4.69, 9.17) is 11.6 Å². The Morgan fingerprint density at radius 1 is 1.15 bits per heavy atom. The Morgan fingerprint density at radius 3 is 2.40 bits per heavy atom. The molecule has 0 aliphatic heterocycles. The van der Waals surface area contributed by atoms with Gasteiger partial charge in [-0.05, 0) is 24.3 Å². The summed E-state index contributed by atoms with van der Waals surface area (Å²) in [7, 11) is 1.63. The van der Waals surface area contributed by atoms with Crippen molar-refractivity contribution in [3.8, 4) is 0 Å². The smallest absolute Gasteiger partial charge is 0.255 e. The molecule has 1 heterocycles. The van der Waals surface area contributed by atoms with E-state index in [2.05, 4.69) is 15.6 Å². The Balaban J connectivity index is 2.25. The van der Waals surface area contributed by atoms with Crippen LogP contribution in [0.1, 0.15) is 10.4 Å². The maximum atomic E-state index is 13.0. The van der Waals surface area contributed by atoms with Gasteiger partial charge in [0.05, 0.1) is 0 Å². The summed E-state index contributed by atoms with van der Waals surface area (Å²) >= 11 is 5.78. The highest BCUT2D eigenvalue weighted by atomic mass is 35.5. The fourth-order valence-corrected chi connectivity index (χ4v) is 1.79. The topological polar surface area (TPSA) is 54.0 Å². The number of carbonyl (C=O) groups excluding carboxylic acids is 1. The van der Waals surface area contributed by atoms with E-state index in [1.807, 2.05) is 0 Å². The molecule has 1 aromatic carbocycles. The highest BCUT2D eigenvalue weighted by Crippen LogP contribution is 2.17. The summed E-state index contributed by atoms with van der Waals surface area (Å²) in [5.41, 5.74) is 0.241. The lowest BCUT2D eigenvalue weighted by molar-refractivity contribution is 0.102. The molecule has 1 aromatic heterocycles. The lowest BCUT2D eigenvalue weighted by Crippen LogP contribution is -2.13. The van der Waals surface area contributed by atoms with Gasteiger partial charge in [-0.3, -0.25) is 4.79 Å². The van der Waals surface area contributed by atoms with Crippen LogP contribution in [0.2, 0.25) is 5.15 Å². The Morgan fingerprint density at radius 2 is 1.80 bits per heavy atom. The maximum Gasteiger partial charge on any atom is 0.255 e. The third-order valence-corrected chi connectivity index (χ3v) is 2.63. The summed E-state index contributed by atoms with van der Waals surface area (Å²) < 4.78 is 26.1. The van der Waals surface area contributed by atoms with Crippen molar-refractivity contribution < 1.29 is 13.6 Å². The lowest BCUT2D eigenvalue weighted by atomic mass is 10.2. The van der Waals surface area contributed by atoms with E-state index >= 15 is 0 Å².